The minimum atomic E-state index is -4.11. The van der Waals surface area contributed by atoms with Crippen molar-refractivity contribution in [2.45, 2.75) is 38.5 Å². The van der Waals surface area contributed by atoms with Gasteiger partial charge in [0.05, 0.1) is 37.5 Å². The van der Waals surface area contributed by atoms with Gasteiger partial charge in [0, 0.05) is 30.2 Å². The number of aromatic amines is 1. The number of amides is 1. The van der Waals surface area contributed by atoms with E-state index in [0.29, 0.717) is 44.1 Å². The monoisotopic (exact) mass is 465 g/mol. The Balaban J connectivity index is 1.11. The molecule has 0 radical (unpaired) electrons. The van der Waals surface area contributed by atoms with Crippen molar-refractivity contribution in [1.82, 2.24) is 9.88 Å². The van der Waals surface area contributed by atoms with E-state index in [0.717, 1.165) is 41.6 Å². The molecule has 1 aliphatic carbocycles. The maximum Gasteiger partial charge on any atom is 0.401 e. The molecule has 3 aliphatic rings. The van der Waals surface area contributed by atoms with E-state index >= 15 is 0 Å². The number of likely N-dealkylation sites (tertiary alicyclic amines) is 1. The van der Waals surface area contributed by atoms with Crippen molar-refractivity contribution in [3.8, 4) is 5.75 Å². The smallest absolute Gasteiger partial charge is 0.401 e. The van der Waals surface area contributed by atoms with E-state index < -0.39 is 12.7 Å². The van der Waals surface area contributed by atoms with E-state index in [-0.39, 0.29) is 17.9 Å². The van der Waals surface area contributed by atoms with E-state index in [1.165, 1.54) is 0 Å². The number of carbonyl (C=O) groups is 1. The highest BCUT2D eigenvalue weighted by Crippen LogP contribution is 2.43. The molecule has 1 saturated carbocycles. The van der Waals surface area contributed by atoms with E-state index in [2.05, 4.69) is 10.3 Å². The molecule has 2 N–H and O–H groups in total. The molecule has 0 bridgehead atoms. The number of anilines is 1. The molecule has 33 heavy (non-hydrogen) atoms. The van der Waals surface area contributed by atoms with Gasteiger partial charge in [0.1, 0.15) is 5.75 Å². The predicted octanol–water partition coefficient (Wildman–Crippen LogP) is 4.43. The minimum Gasteiger partial charge on any atom is -0.494 e. The third-order valence-corrected chi connectivity index (χ3v) is 7.48. The number of fused-ring (bicyclic) bond motifs is 2. The average Bonchev–Trinajstić information content (AvgIpc) is 3.39. The van der Waals surface area contributed by atoms with Crippen LogP contribution in [0.2, 0.25) is 0 Å². The molecule has 9 heteroatoms. The van der Waals surface area contributed by atoms with Gasteiger partial charge in [-0.15, -0.1) is 0 Å². The quantitative estimate of drug-likeness (QED) is 0.635. The lowest BCUT2D eigenvalue weighted by atomic mass is 9.98. The van der Waals surface area contributed by atoms with Gasteiger partial charge in [0.15, 0.2) is 0 Å². The molecule has 5 rings (SSSR count). The molecule has 0 spiro atoms. The molecular formula is C24H30F3N3O3. The maximum atomic E-state index is 12.6. The SMILES string of the molecule is C[C@@H]1OC[C@H]1C(=O)Nc1c[nH]c2ccc(OCC[C@@H]3C[C@@H]4CN(CC(F)(F)F)C[C@@H]4C3)cc12. The third-order valence-electron chi connectivity index (χ3n) is 7.48. The Kier molecular flexibility index (Phi) is 6.03. The molecule has 180 valence electrons. The zero-order chi connectivity index (χ0) is 23.2. The molecule has 6 nitrogen and oxygen atoms in total. The molecule has 1 amide bonds. The van der Waals surface area contributed by atoms with Gasteiger partial charge in [-0.05, 0) is 62.1 Å². The van der Waals surface area contributed by atoms with Crippen LogP contribution in [0, 0.1) is 23.7 Å². The van der Waals surface area contributed by atoms with Crippen LogP contribution in [0.4, 0.5) is 18.9 Å². The minimum absolute atomic E-state index is 0.0402. The molecule has 2 saturated heterocycles. The summed E-state index contributed by atoms with van der Waals surface area (Å²) in [5.41, 5.74) is 1.65. The van der Waals surface area contributed by atoms with Crippen LogP contribution in [0.15, 0.2) is 24.4 Å². The second-order valence-electron chi connectivity index (χ2n) is 9.85. The Morgan fingerprint density at radius 3 is 2.67 bits per heavy atom. The molecule has 0 unspecified atom stereocenters. The maximum absolute atomic E-state index is 12.6. The van der Waals surface area contributed by atoms with Crippen molar-refractivity contribution in [2.75, 3.05) is 38.2 Å². The van der Waals surface area contributed by atoms with Crippen LogP contribution >= 0.6 is 0 Å². The van der Waals surface area contributed by atoms with Crippen LogP contribution in [0.3, 0.4) is 0 Å². The number of ether oxygens (including phenoxy) is 2. The molecule has 1 aromatic carbocycles. The van der Waals surface area contributed by atoms with Crippen molar-refractivity contribution >= 4 is 22.5 Å². The highest BCUT2D eigenvalue weighted by atomic mass is 19.4. The largest absolute Gasteiger partial charge is 0.494 e. The number of benzene rings is 1. The van der Waals surface area contributed by atoms with Gasteiger partial charge in [-0.3, -0.25) is 9.69 Å². The number of nitrogens with one attached hydrogen (secondary N) is 2. The third kappa shape index (κ3) is 4.99. The number of hydrogen-bond acceptors (Lipinski definition) is 4. The number of halogens is 3. The molecule has 3 heterocycles. The molecule has 2 aromatic rings. The normalized spacial score (nSPS) is 29.8. The predicted molar refractivity (Wildman–Crippen MR) is 118 cm³/mol. The Hall–Kier alpha value is -2.26. The first-order valence-electron chi connectivity index (χ1n) is 11.7. The van der Waals surface area contributed by atoms with E-state index in [1.807, 2.05) is 25.1 Å². The van der Waals surface area contributed by atoms with Gasteiger partial charge in [-0.25, -0.2) is 0 Å². The first-order valence-corrected chi connectivity index (χ1v) is 11.7. The lowest BCUT2D eigenvalue weighted by molar-refractivity contribution is -0.147. The summed E-state index contributed by atoms with van der Waals surface area (Å²) >= 11 is 0. The zero-order valence-electron chi connectivity index (χ0n) is 18.7. The summed E-state index contributed by atoms with van der Waals surface area (Å²) < 4.78 is 49.2. The summed E-state index contributed by atoms with van der Waals surface area (Å²) in [5, 5.41) is 3.88. The van der Waals surface area contributed by atoms with Gasteiger partial charge >= 0.3 is 6.18 Å². The summed E-state index contributed by atoms with van der Waals surface area (Å²) in [7, 11) is 0. The first-order chi connectivity index (χ1) is 15.7. The first kappa shape index (κ1) is 22.5. The molecule has 5 atom stereocenters. The van der Waals surface area contributed by atoms with Gasteiger partial charge in [0.2, 0.25) is 5.91 Å². The highest BCUT2D eigenvalue weighted by molar-refractivity contribution is 6.03. The Morgan fingerprint density at radius 1 is 1.27 bits per heavy atom. The van der Waals surface area contributed by atoms with Crippen LogP contribution in [0.1, 0.15) is 26.2 Å². The topological polar surface area (TPSA) is 66.6 Å². The standard InChI is InChI=1S/C24H30F3N3O3/c1-14-20(12-33-14)23(31)29-22-9-28-21-3-2-18(8-19(21)22)32-5-4-15-6-16-10-30(11-17(16)7-15)13-24(25,26)27/h2-3,8-9,14-17,20,28H,4-7,10-13H2,1H3,(H,29,31)/t14-,15-,16-,17+,20+/m0/s1. The van der Waals surface area contributed by atoms with Crippen LogP contribution in [-0.4, -0.2) is 60.9 Å². The number of aromatic nitrogens is 1. The van der Waals surface area contributed by atoms with E-state index in [1.54, 1.807) is 11.1 Å². The summed E-state index contributed by atoms with van der Waals surface area (Å²) in [6.45, 7) is 3.26. The zero-order valence-corrected chi connectivity index (χ0v) is 18.7. The van der Waals surface area contributed by atoms with Crippen LogP contribution in [-0.2, 0) is 9.53 Å². The van der Waals surface area contributed by atoms with Crippen molar-refractivity contribution in [1.29, 1.82) is 0 Å². The fraction of sp³-hybridized carbons (Fsp3) is 0.625. The summed E-state index contributed by atoms with van der Waals surface area (Å²) in [6, 6.07) is 5.77. The van der Waals surface area contributed by atoms with Crippen molar-refractivity contribution in [3.63, 3.8) is 0 Å². The molecular weight excluding hydrogens is 435 g/mol. The van der Waals surface area contributed by atoms with Crippen LogP contribution in [0.25, 0.3) is 10.9 Å². The second-order valence-corrected chi connectivity index (χ2v) is 9.85. The average molecular weight is 466 g/mol. The number of H-pyrrole nitrogens is 1. The van der Waals surface area contributed by atoms with Crippen molar-refractivity contribution in [3.05, 3.63) is 24.4 Å². The number of carbonyl (C=O) groups excluding carboxylic acids is 1. The van der Waals surface area contributed by atoms with Gasteiger partial charge < -0.3 is 19.8 Å². The highest BCUT2D eigenvalue weighted by Gasteiger charge is 2.43. The number of alkyl halides is 3. The van der Waals surface area contributed by atoms with E-state index in [4.69, 9.17) is 9.47 Å². The summed E-state index contributed by atoms with van der Waals surface area (Å²) in [6.07, 6.45) is 0.490. The second kappa shape index (κ2) is 8.83. The fourth-order valence-electron chi connectivity index (χ4n) is 5.68. The Bertz CT molecular complexity index is 994. The lowest BCUT2D eigenvalue weighted by Gasteiger charge is -2.32. The van der Waals surface area contributed by atoms with Gasteiger partial charge in [0.25, 0.3) is 0 Å². The van der Waals surface area contributed by atoms with Crippen molar-refractivity contribution < 1.29 is 27.4 Å². The summed E-state index contributed by atoms with van der Waals surface area (Å²) in [4.78, 5) is 17.2. The van der Waals surface area contributed by atoms with Crippen LogP contribution in [0.5, 0.6) is 5.75 Å². The summed E-state index contributed by atoms with van der Waals surface area (Å²) in [5.74, 6) is 1.84. The van der Waals surface area contributed by atoms with Crippen molar-refractivity contribution in [2.24, 2.45) is 23.7 Å². The van der Waals surface area contributed by atoms with Gasteiger partial charge in [-0.1, -0.05) is 0 Å². The number of rotatable bonds is 7. The lowest BCUT2D eigenvalue weighted by Crippen LogP contribution is -2.45. The fourth-order valence-corrected chi connectivity index (χ4v) is 5.68. The molecule has 2 aliphatic heterocycles. The molecule has 3 fully saturated rings. The van der Waals surface area contributed by atoms with Gasteiger partial charge in [-0.2, -0.15) is 13.2 Å². The van der Waals surface area contributed by atoms with Crippen LogP contribution < -0.4 is 10.1 Å². The Morgan fingerprint density at radius 2 is 2.03 bits per heavy atom. The Labute approximate surface area is 190 Å². The number of hydrogen-bond donors (Lipinski definition) is 2. The number of nitrogens with zero attached hydrogens (tertiary/aromatic N) is 1. The van der Waals surface area contributed by atoms with E-state index in [9.17, 15) is 18.0 Å². The molecule has 1 aromatic heterocycles.